The zero-order chi connectivity index (χ0) is 24.0. The summed E-state index contributed by atoms with van der Waals surface area (Å²) in [5.74, 6) is -0.566. The van der Waals surface area contributed by atoms with Crippen molar-refractivity contribution in [2.45, 2.75) is 33.0 Å². The van der Waals surface area contributed by atoms with Crippen LogP contribution in [0.15, 0.2) is 30.7 Å². The van der Waals surface area contributed by atoms with Gasteiger partial charge in [0, 0.05) is 44.2 Å². The molecule has 9 nitrogen and oxygen atoms in total. The number of ether oxygens (including phenoxy) is 1. The highest BCUT2D eigenvalue weighted by molar-refractivity contribution is 6.04. The lowest BCUT2D eigenvalue weighted by Crippen LogP contribution is -2.29. The first-order chi connectivity index (χ1) is 15.6. The van der Waals surface area contributed by atoms with Crippen LogP contribution in [-0.4, -0.2) is 57.4 Å². The first kappa shape index (κ1) is 24.0. The second-order valence-corrected chi connectivity index (χ2v) is 7.38. The van der Waals surface area contributed by atoms with Gasteiger partial charge in [0.25, 0.3) is 5.91 Å². The van der Waals surface area contributed by atoms with Crippen LogP contribution in [0.25, 0.3) is 10.9 Å². The highest BCUT2D eigenvalue weighted by Crippen LogP contribution is 2.21. The van der Waals surface area contributed by atoms with E-state index in [4.69, 9.17) is 4.74 Å². The van der Waals surface area contributed by atoms with Crippen molar-refractivity contribution >= 4 is 22.7 Å². The number of alkyl halides is 3. The molecule has 0 atom stereocenters. The van der Waals surface area contributed by atoms with Crippen LogP contribution < -0.4 is 15.4 Å². The molecule has 2 N–H and O–H groups in total. The van der Waals surface area contributed by atoms with E-state index >= 15 is 0 Å². The molecule has 12 heteroatoms. The van der Waals surface area contributed by atoms with E-state index in [1.165, 1.54) is 19.3 Å². The molecule has 0 aliphatic heterocycles. The summed E-state index contributed by atoms with van der Waals surface area (Å²) >= 11 is 0. The van der Waals surface area contributed by atoms with Crippen LogP contribution in [0.4, 0.5) is 13.2 Å². The van der Waals surface area contributed by atoms with Crippen molar-refractivity contribution in [1.82, 2.24) is 30.4 Å². The van der Waals surface area contributed by atoms with E-state index in [1.807, 2.05) is 0 Å². The zero-order valence-corrected chi connectivity index (χ0v) is 18.1. The minimum absolute atomic E-state index is 0.0802. The lowest BCUT2D eigenvalue weighted by Gasteiger charge is -2.11. The van der Waals surface area contributed by atoms with E-state index in [0.29, 0.717) is 48.1 Å². The molecule has 0 radical (unpaired) electrons. The van der Waals surface area contributed by atoms with Crippen molar-refractivity contribution in [3.63, 3.8) is 0 Å². The summed E-state index contributed by atoms with van der Waals surface area (Å²) in [5.41, 5.74) is 1.97. The molecule has 3 aromatic rings. The number of carbonyl (C=O) groups excluding carboxylic acids is 2. The first-order valence-electron chi connectivity index (χ1n) is 10.1. The number of nitrogens with one attached hydrogen (secondary N) is 2. The Balaban J connectivity index is 1.67. The SMILES string of the molecule is CC(=O)NCCCNC(=O)c1nccc2nn(Cc3cnc(OCC(F)(F)F)c(C)c3)cc12. The Bertz CT molecular complexity index is 1150. The molecule has 0 saturated carbocycles. The smallest absolute Gasteiger partial charge is 0.422 e. The van der Waals surface area contributed by atoms with Gasteiger partial charge in [-0.15, -0.1) is 0 Å². The average Bonchev–Trinajstić information content (AvgIpc) is 3.14. The number of pyridine rings is 2. The average molecular weight is 464 g/mol. The summed E-state index contributed by atoms with van der Waals surface area (Å²) < 4.78 is 43.4. The maximum atomic E-state index is 12.5. The van der Waals surface area contributed by atoms with E-state index in [2.05, 4.69) is 25.7 Å². The molecule has 3 rings (SSSR count). The van der Waals surface area contributed by atoms with Crippen LogP contribution in [0.2, 0.25) is 0 Å². The molecule has 0 aliphatic carbocycles. The highest BCUT2D eigenvalue weighted by atomic mass is 19.4. The summed E-state index contributed by atoms with van der Waals surface area (Å²) in [6.07, 6.45) is 0.732. The summed E-state index contributed by atoms with van der Waals surface area (Å²) in [6.45, 7) is 2.75. The van der Waals surface area contributed by atoms with Crippen LogP contribution >= 0.6 is 0 Å². The Hall–Kier alpha value is -3.70. The Kier molecular flexibility index (Phi) is 7.46. The molecule has 33 heavy (non-hydrogen) atoms. The normalized spacial score (nSPS) is 11.4. The molecule has 0 aliphatic rings. The summed E-state index contributed by atoms with van der Waals surface area (Å²) in [4.78, 5) is 31.5. The maximum Gasteiger partial charge on any atom is 0.422 e. The van der Waals surface area contributed by atoms with Gasteiger partial charge >= 0.3 is 6.18 Å². The Labute approximate surface area is 187 Å². The van der Waals surface area contributed by atoms with Gasteiger partial charge in [0.1, 0.15) is 5.69 Å². The lowest BCUT2D eigenvalue weighted by molar-refractivity contribution is -0.154. The van der Waals surface area contributed by atoms with E-state index < -0.39 is 12.8 Å². The second-order valence-electron chi connectivity index (χ2n) is 7.38. The van der Waals surface area contributed by atoms with Gasteiger partial charge in [0.15, 0.2) is 6.61 Å². The third-order valence-corrected chi connectivity index (χ3v) is 4.51. The molecule has 0 aromatic carbocycles. The van der Waals surface area contributed by atoms with Crippen molar-refractivity contribution in [2.75, 3.05) is 19.7 Å². The number of halogens is 3. The van der Waals surface area contributed by atoms with Crippen molar-refractivity contribution in [3.8, 4) is 5.88 Å². The fourth-order valence-electron chi connectivity index (χ4n) is 3.09. The number of fused-ring (bicyclic) bond motifs is 1. The monoisotopic (exact) mass is 464 g/mol. The van der Waals surface area contributed by atoms with E-state index in [9.17, 15) is 22.8 Å². The molecular weight excluding hydrogens is 441 g/mol. The van der Waals surface area contributed by atoms with Crippen molar-refractivity contribution < 1.29 is 27.5 Å². The fourth-order valence-corrected chi connectivity index (χ4v) is 3.09. The molecule has 0 bridgehead atoms. The summed E-state index contributed by atoms with van der Waals surface area (Å²) in [7, 11) is 0. The number of aryl methyl sites for hydroxylation is 1. The summed E-state index contributed by atoms with van der Waals surface area (Å²) in [5, 5.41) is 10.4. The lowest BCUT2D eigenvalue weighted by atomic mass is 10.2. The van der Waals surface area contributed by atoms with Crippen molar-refractivity contribution in [1.29, 1.82) is 0 Å². The van der Waals surface area contributed by atoms with Gasteiger partial charge in [0.05, 0.1) is 17.4 Å². The predicted molar refractivity (Wildman–Crippen MR) is 113 cm³/mol. The number of nitrogens with zero attached hydrogens (tertiary/aromatic N) is 4. The standard InChI is InChI=1S/C21H23F3N6O3/c1-13-8-15(9-28-20(13)33-12-21(22,23)24)10-30-11-16-17(29-30)4-7-26-18(16)19(32)27-6-3-5-25-14(2)31/h4,7-9,11H,3,5-6,10,12H2,1-2H3,(H,25,31)(H,27,32). The number of aromatic nitrogens is 4. The third-order valence-electron chi connectivity index (χ3n) is 4.51. The van der Waals surface area contributed by atoms with Gasteiger partial charge in [-0.1, -0.05) is 0 Å². The molecule has 0 unspecified atom stereocenters. The van der Waals surface area contributed by atoms with Crippen LogP contribution in [0, 0.1) is 6.92 Å². The van der Waals surface area contributed by atoms with Gasteiger partial charge in [0.2, 0.25) is 11.8 Å². The fraction of sp³-hybridized carbons (Fsp3) is 0.381. The van der Waals surface area contributed by atoms with Crippen LogP contribution in [0.3, 0.4) is 0 Å². The zero-order valence-electron chi connectivity index (χ0n) is 18.1. The van der Waals surface area contributed by atoms with Crippen LogP contribution in [0.1, 0.15) is 35.0 Å². The van der Waals surface area contributed by atoms with Crippen LogP contribution in [-0.2, 0) is 11.3 Å². The number of rotatable bonds is 9. The van der Waals surface area contributed by atoms with Crippen molar-refractivity contribution in [2.24, 2.45) is 0 Å². The number of hydrogen-bond donors (Lipinski definition) is 2. The molecule has 3 heterocycles. The predicted octanol–water partition coefficient (Wildman–Crippen LogP) is 2.38. The molecule has 2 amide bonds. The molecule has 0 fully saturated rings. The topological polar surface area (TPSA) is 111 Å². The minimum Gasteiger partial charge on any atom is -0.468 e. The maximum absolute atomic E-state index is 12.5. The van der Waals surface area contributed by atoms with Crippen LogP contribution in [0.5, 0.6) is 5.88 Å². The Morgan fingerprint density at radius 1 is 1.18 bits per heavy atom. The Morgan fingerprint density at radius 3 is 2.64 bits per heavy atom. The van der Waals surface area contributed by atoms with Crippen molar-refractivity contribution in [3.05, 3.63) is 47.5 Å². The molecular formula is C21H23F3N6O3. The number of carbonyl (C=O) groups is 2. The summed E-state index contributed by atoms with van der Waals surface area (Å²) in [6, 6.07) is 3.35. The molecule has 3 aromatic heterocycles. The molecule has 176 valence electrons. The largest absolute Gasteiger partial charge is 0.468 e. The van der Waals surface area contributed by atoms with E-state index in [-0.39, 0.29) is 23.4 Å². The third kappa shape index (κ3) is 6.89. The van der Waals surface area contributed by atoms with Gasteiger partial charge in [-0.2, -0.15) is 18.3 Å². The second kappa shape index (κ2) is 10.3. The van der Waals surface area contributed by atoms with Gasteiger partial charge in [-0.05, 0) is 31.0 Å². The van der Waals surface area contributed by atoms with E-state index in [1.54, 1.807) is 29.9 Å². The highest BCUT2D eigenvalue weighted by Gasteiger charge is 2.29. The molecule has 0 saturated heterocycles. The first-order valence-corrected chi connectivity index (χ1v) is 10.1. The Morgan fingerprint density at radius 2 is 1.94 bits per heavy atom. The number of hydrogen-bond acceptors (Lipinski definition) is 6. The van der Waals surface area contributed by atoms with Gasteiger partial charge in [-0.3, -0.25) is 19.3 Å². The van der Waals surface area contributed by atoms with Gasteiger partial charge in [-0.25, -0.2) is 4.98 Å². The number of amides is 2. The van der Waals surface area contributed by atoms with E-state index in [0.717, 1.165) is 0 Å². The van der Waals surface area contributed by atoms with Gasteiger partial charge < -0.3 is 15.4 Å². The quantitative estimate of drug-likeness (QED) is 0.471. The minimum atomic E-state index is -4.44. The molecule has 0 spiro atoms.